The molecule has 0 aliphatic carbocycles. The third-order valence-electron chi connectivity index (χ3n) is 4.92. The predicted molar refractivity (Wildman–Crippen MR) is 122 cm³/mol. The fourth-order valence-electron chi connectivity index (χ4n) is 3.55. The maximum Gasteiger partial charge on any atom is 0.193 e. The Kier molecular flexibility index (Phi) is 9.43. The second-order valence-corrected chi connectivity index (χ2v) is 7.79. The van der Waals surface area contributed by atoms with Crippen LogP contribution in [-0.2, 0) is 11.2 Å². The van der Waals surface area contributed by atoms with Crippen LogP contribution in [0.3, 0.4) is 0 Å². The molecule has 1 aromatic carbocycles. The lowest BCUT2D eigenvalue weighted by Crippen LogP contribution is -2.46. The predicted octanol–water partition coefficient (Wildman–Crippen LogP) is 3.24. The smallest absolute Gasteiger partial charge is 0.193 e. The molecule has 8 heteroatoms. The zero-order valence-electron chi connectivity index (χ0n) is 15.1. The van der Waals surface area contributed by atoms with Gasteiger partial charge >= 0.3 is 0 Å². The highest BCUT2D eigenvalue weighted by molar-refractivity contribution is 14.0. The second kappa shape index (κ2) is 11.0. The van der Waals surface area contributed by atoms with Crippen LogP contribution in [0.1, 0.15) is 12.0 Å². The molecule has 2 aliphatic rings. The number of aliphatic imine (C=N–C) groups is 1. The van der Waals surface area contributed by atoms with E-state index in [0.717, 1.165) is 67.8 Å². The first-order chi connectivity index (χ1) is 12.2. The third-order valence-corrected chi connectivity index (χ3v) is 5.93. The van der Waals surface area contributed by atoms with Crippen molar-refractivity contribution < 1.29 is 4.74 Å². The molecule has 2 saturated heterocycles. The van der Waals surface area contributed by atoms with Gasteiger partial charge in [-0.2, -0.15) is 0 Å². The van der Waals surface area contributed by atoms with Crippen LogP contribution in [0.25, 0.3) is 0 Å². The fourth-order valence-corrected chi connectivity index (χ4v) is 4.19. The number of nitrogens with zero attached hydrogens (tertiary/aromatic N) is 3. The van der Waals surface area contributed by atoms with Crippen molar-refractivity contribution in [2.75, 3.05) is 53.0 Å². The third kappa shape index (κ3) is 5.95. The van der Waals surface area contributed by atoms with Crippen molar-refractivity contribution in [2.45, 2.75) is 18.9 Å². The molecule has 0 bridgehead atoms. The summed E-state index contributed by atoms with van der Waals surface area (Å²) in [4.78, 5) is 9.39. The fraction of sp³-hybridized carbons (Fsp3) is 0.611. The number of morpholine rings is 1. The summed E-state index contributed by atoms with van der Waals surface area (Å²) in [6, 6.07) is 6.53. The second-order valence-electron chi connectivity index (χ2n) is 6.50. The van der Waals surface area contributed by atoms with Crippen molar-refractivity contribution in [3.8, 4) is 0 Å². The molecule has 2 fully saturated rings. The summed E-state index contributed by atoms with van der Waals surface area (Å²) in [7, 11) is 1.86. The van der Waals surface area contributed by atoms with Gasteiger partial charge in [-0.05, 0) is 36.6 Å². The highest BCUT2D eigenvalue weighted by Crippen LogP contribution is 2.21. The molecule has 146 valence electrons. The lowest BCUT2D eigenvalue weighted by molar-refractivity contribution is 0.0195. The van der Waals surface area contributed by atoms with Gasteiger partial charge in [0.1, 0.15) is 0 Å². The summed E-state index contributed by atoms with van der Waals surface area (Å²) < 4.78 is 6.56. The summed E-state index contributed by atoms with van der Waals surface area (Å²) >= 11 is 9.68. The minimum absolute atomic E-state index is 0. The Hall–Kier alpha value is -0.0900. The van der Waals surface area contributed by atoms with Crippen LogP contribution < -0.4 is 5.32 Å². The van der Waals surface area contributed by atoms with E-state index >= 15 is 0 Å². The molecule has 5 nitrogen and oxygen atoms in total. The first-order valence-corrected chi connectivity index (χ1v) is 10.1. The molecular formula is C18H27BrClIN4O. The minimum atomic E-state index is 0. The minimum Gasteiger partial charge on any atom is -0.379 e. The first kappa shape index (κ1) is 22.2. The summed E-state index contributed by atoms with van der Waals surface area (Å²) in [5.74, 6) is 0.994. The van der Waals surface area contributed by atoms with Crippen molar-refractivity contribution in [3.63, 3.8) is 0 Å². The lowest BCUT2D eigenvalue weighted by Gasteiger charge is -2.32. The summed E-state index contributed by atoms with van der Waals surface area (Å²) in [6.07, 6.45) is 2.10. The average Bonchev–Trinajstić information content (AvgIpc) is 3.12. The van der Waals surface area contributed by atoms with E-state index in [-0.39, 0.29) is 24.0 Å². The van der Waals surface area contributed by atoms with Gasteiger partial charge < -0.3 is 15.0 Å². The van der Waals surface area contributed by atoms with Crippen LogP contribution >= 0.6 is 51.5 Å². The molecule has 0 amide bonds. The molecule has 1 unspecified atom stereocenters. The van der Waals surface area contributed by atoms with Gasteiger partial charge in [0.2, 0.25) is 0 Å². The van der Waals surface area contributed by atoms with E-state index in [1.165, 1.54) is 12.0 Å². The summed E-state index contributed by atoms with van der Waals surface area (Å²) in [5.41, 5.74) is 1.21. The Balaban J connectivity index is 0.00000243. The molecule has 2 heterocycles. The van der Waals surface area contributed by atoms with Crippen molar-refractivity contribution in [1.29, 1.82) is 0 Å². The zero-order chi connectivity index (χ0) is 17.6. The maximum atomic E-state index is 6.09. The number of hydrogen-bond acceptors (Lipinski definition) is 3. The Morgan fingerprint density at radius 3 is 2.85 bits per heavy atom. The summed E-state index contributed by atoms with van der Waals surface area (Å²) in [5, 5.41) is 4.27. The van der Waals surface area contributed by atoms with E-state index in [2.05, 4.69) is 36.0 Å². The average molecular weight is 558 g/mol. The maximum absolute atomic E-state index is 6.09. The van der Waals surface area contributed by atoms with Crippen molar-refractivity contribution in [2.24, 2.45) is 4.99 Å². The van der Waals surface area contributed by atoms with Crippen molar-refractivity contribution in [1.82, 2.24) is 15.1 Å². The summed E-state index contributed by atoms with van der Waals surface area (Å²) in [6.45, 7) is 6.75. The first-order valence-electron chi connectivity index (χ1n) is 8.88. The standard InChI is InChI=1S/C18H26BrClN4O.HI/c1-21-18(22-6-4-14-12-15(20)2-3-17(14)19)24-7-5-16(13-24)23-8-10-25-11-9-23;/h2-3,12,16H,4-11,13H2,1H3,(H,21,22);1H. The Morgan fingerprint density at radius 2 is 2.12 bits per heavy atom. The number of halogens is 3. The number of nitrogens with one attached hydrogen (secondary N) is 1. The molecule has 1 aromatic rings. The molecule has 0 aromatic heterocycles. The molecule has 0 saturated carbocycles. The Morgan fingerprint density at radius 1 is 1.35 bits per heavy atom. The number of likely N-dealkylation sites (tertiary alicyclic amines) is 1. The lowest BCUT2D eigenvalue weighted by atomic mass is 10.1. The number of rotatable bonds is 4. The van der Waals surface area contributed by atoms with Crippen molar-refractivity contribution in [3.05, 3.63) is 33.3 Å². The van der Waals surface area contributed by atoms with E-state index in [9.17, 15) is 0 Å². The molecule has 0 radical (unpaired) electrons. The highest BCUT2D eigenvalue weighted by Gasteiger charge is 2.30. The number of hydrogen-bond donors (Lipinski definition) is 1. The Labute approximate surface area is 186 Å². The van der Waals surface area contributed by atoms with Crippen molar-refractivity contribution >= 4 is 57.5 Å². The number of benzene rings is 1. The van der Waals surface area contributed by atoms with Crippen LogP contribution in [0.4, 0.5) is 0 Å². The van der Waals surface area contributed by atoms with Gasteiger partial charge in [-0.3, -0.25) is 9.89 Å². The van der Waals surface area contributed by atoms with Gasteiger partial charge in [0.05, 0.1) is 13.2 Å². The largest absolute Gasteiger partial charge is 0.379 e. The van der Waals surface area contributed by atoms with Gasteiger partial charge in [-0.25, -0.2) is 0 Å². The quantitative estimate of drug-likeness (QED) is 0.351. The number of guanidine groups is 1. The molecule has 2 aliphatic heterocycles. The molecule has 0 spiro atoms. The van der Waals surface area contributed by atoms with E-state index in [1.807, 2.05) is 25.2 Å². The molecule has 26 heavy (non-hydrogen) atoms. The van der Waals surface area contributed by atoms with Gasteiger partial charge in [0.25, 0.3) is 0 Å². The van der Waals surface area contributed by atoms with Gasteiger partial charge in [-0.15, -0.1) is 24.0 Å². The Bertz CT molecular complexity index is 613. The van der Waals surface area contributed by atoms with Gasteiger partial charge in [0, 0.05) is 55.3 Å². The van der Waals surface area contributed by atoms with Crippen LogP contribution in [0.2, 0.25) is 5.02 Å². The van der Waals surface area contributed by atoms with Gasteiger partial charge in [0.15, 0.2) is 5.96 Å². The van der Waals surface area contributed by atoms with E-state index in [4.69, 9.17) is 16.3 Å². The monoisotopic (exact) mass is 556 g/mol. The highest BCUT2D eigenvalue weighted by atomic mass is 127. The number of ether oxygens (including phenoxy) is 1. The molecular weight excluding hydrogens is 530 g/mol. The van der Waals surface area contributed by atoms with E-state index in [1.54, 1.807) is 0 Å². The van der Waals surface area contributed by atoms with Crippen LogP contribution in [0.5, 0.6) is 0 Å². The zero-order valence-corrected chi connectivity index (χ0v) is 19.8. The molecule has 3 rings (SSSR count). The molecule has 1 N–H and O–H groups in total. The SMILES string of the molecule is CN=C(NCCc1cc(Cl)ccc1Br)N1CCC(N2CCOCC2)C1.I. The van der Waals surface area contributed by atoms with Crippen LogP contribution in [0.15, 0.2) is 27.7 Å². The van der Waals surface area contributed by atoms with E-state index < -0.39 is 0 Å². The van der Waals surface area contributed by atoms with Gasteiger partial charge in [-0.1, -0.05) is 27.5 Å². The van der Waals surface area contributed by atoms with Crippen LogP contribution in [0, 0.1) is 0 Å². The van der Waals surface area contributed by atoms with Crippen LogP contribution in [-0.4, -0.2) is 74.8 Å². The topological polar surface area (TPSA) is 40.1 Å². The molecule has 1 atom stereocenters. The normalized spacial score (nSPS) is 21.6. The van der Waals surface area contributed by atoms with E-state index in [0.29, 0.717) is 6.04 Å².